The van der Waals surface area contributed by atoms with Crippen molar-refractivity contribution in [1.29, 1.82) is 0 Å². The topological polar surface area (TPSA) is 48.0 Å². The van der Waals surface area contributed by atoms with E-state index in [1.807, 2.05) is 0 Å². The number of oxazole rings is 1. The lowest BCUT2D eigenvalue weighted by atomic mass is 10.2. The number of aromatic nitrogens is 2. The van der Waals surface area contributed by atoms with Crippen LogP contribution in [-0.4, -0.2) is 9.55 Å². The zero-order valence-electron chi connectivity index (χ0n) is 9.64. The quantitative estimate of drug-likeness (QED) is 0.728. The van der Waals surface area contributed by atoms with Gasteiger partial charge in [-0.05, 0) is 29.8 Å². The van der Waals surface area contributed by atoms with Gasteiger partial charge in [-0.25, -0.2) is 9.78 Å². The van der Waals surface area contributed by atoms with Crippen LogP contribution in [0, 0.1) is 0 Å². The monoisotopic (exact) mass is 294 g/mol. The van der Waals surface area contributed by atoms with E-state index in [9.17, 15) is 4.79 Å². The van der Waals surface area contributed by atoms with Crippen molar-refractivity contribution in [2.75, 3.05) is 0 Å². The average molecular weight is 295 g/mol. The number of hydrogen-bond donors (Lipinski definition) is 0. The van der Waals surface area contributed by atoms with Crippen molar-refractivity contribution in [2.45, 2.75) is 6.54 Å². The summed E-state index contributed by atoms with van der Waals surface area (Å²) in [7, 11) is 0. The highest BCUT2D eigenvalue weighted by Crippen LogP contribution is 2.22. The van der Waals surface area contributed by atoms with Crippen molar-refractivity contribution in [3.8, 4) is 0 Å². The average Bonchev–Trinajstić information content (AvgIpc) is 2.69. The van der Waals surface area contributed by atoms with Gasteiger partial charge in [-0.3, -0.25) is 4.57 Å². The molecule has 3 aromatic rings. The summed E-state index contributed by atoms with van der Waals surface area (Å²) in [6, 6.07) is 8.55. The molecule has 0 spiro atoms. The van der Waals surface area contributed by atoms with Crippen LogP contribution in [0.2, 0.25) is 10.0 Å². The summed E-state index contributed by atoms with van der Waals surface area (Å²) in [5, 5.41) is 1.06. The van der Waals surface area contributed by atoms with Gasteiger partial charge in [-0.15, -0.1) is 0 Å². The molecule has 0 amide bonds. The van der Waals surface area contributed by atoms with Crippen LogP contribution in [0.5, 0.6) is 0 Å². The fraction of sp³-hybridized carbons (Fsp3) is 0.0769. The van der Waals surface area contributed by atoms with E-state index in [2.05, 4.69) is 4.98 Å². The van der Waals surface area contributed by atoms with E-state index in [0.29, 0.717) is 27.8 Å². The van der Waals surface area contributed by atoms with E-state index in [-0.39, 0.29) is 0 Å². The molecule has 0 aliphatic carbocycles. The van der Waals surface area contributed by atoms with E-state index >= 15 is 0 Å². The van der Waals surface area contributed by atoms with Crippen molar-refractivity contribution in [3.63, 3.8) is 0 Å². The zero-order valence-corrected chi connectivity index (χ0v) is 11.1. The highest BCUT2D eigenvalue weighted by Gasteiger charge is 2.11. The minimum atomic E-state index is -0.459. The molecular formula is C13H8Cl2N2O2. The Kier molecular flexibility index (Phi) is 3.05. The number of halogens is 2. The maximum atomic E-state index is 11.8. The van der Waals surface area contributed by atoms with Gasteiger partial charge < -0.3 is 4.42 Å². The predicted molar refractivity (Wildman–Crippen MR) is 73.8 cm³/mol. The molecule has 2 heterocycles. The van der Waals surface area contributed by atoms with Crippen LogP contribution in [0.1, 0.15) is 5.56 Å². The first-order valence-electron chi connectivity index (χ1n) is 5.53. The Bertz CT molecular complexity index is 808. The minimum absolute atomic E-state index is 0.291. The number of nitrogens with zero attached hydrogens (tertiary/aromatic N) is 2. The van der Waals surface area contributed by atoms with Crippen molar-refractivity contribution >= 4 is 34.4 Å². The van der Waals surface area contributed by atoms with E-state index in [1.54, 1.807) is 36.5 Å². The molecule has 0 N–H and O–H groups in total. The number of pyridine rings is 1. The van der Waals surface area contributed by atoms with Gasteiger partial charge in [0.1, 0.15) is 0 Å². The number of hydrogen-bond acceptors (Lipinski definition) is 3. The molecule has 0 fully saturated rings. The fourth-order valence-electron chi connectivity index (χ4n) is 1.86. The Balaban J connectivity index is 2.10. The first kappa shape index (κ1) is 12.3. The molecule has 0 radical (unpaired) electrons. The zero-order chi connectivity index (χ0) is 13.4. The molecule has 0 aliphatic heterocycles. The molecule has 4 nitrogen and oxygen atoms in total. The van der Waals surface area contributed by atoms with Crippen LogP contribution < -0.4 is 5.76 Å². The lowest BCUT2D eigenvalue weighted by molar-refractivity contribution is 0.517. The first-order valence-corrected chi connectivity index (χ1v) is 6.29. The van der Waals surface area contributed by atoms with Crippen LogP contribution in [0.3, 0.4) is 0 Å². The molecule has 0 aliphatic rings. The Hall–Kier alpha value is -1.78. The SMILES string of the molecule is O=c1oc2cccnc2n1Cc1ccc(Cl)cc1Cl. The van der Waals surface area contributed by atoms with Crippen molar-refractivity contribution in [1.82, 2.24) is 9.55 Å². The van der Waals surface area contributed by atoms with E-state index < -0.39 is 5.76 Å². The first-order chi connectivity index (χ1) is 9.15. The second-order valence-electron chi connectivity index (χ2n) is 4.01. The molecule has 6 heteroatoms. The van der Waals surface area contributed by atoms with Gasteiger partial charge in [0.15, 0.2) is 11.2 Å². The number of benzene rings is 1. The van der Waals surface area contributed by atoms with E-state index in [0.717, 1.165) is 5.56 Å². The summed E-state index contributed by atoms with van der Waals surface area (Å²) >= 11 is 11.9. The molecule has 3 rings (SSSR count). The summed E-state index contributed by atoms with van der Waals surface area (Å²) in [5.41, 5.74) is 1.73. The molecular weight excluding hydrogens is 287 g/mol. The summed E-state index contributed by atoms with van der Waals surface area (Å²) < 4.78 is 6.55. The Morgan fingerprint density at radius 1 is 1.26 bits per heavy atom. The molecule has 2 aromatic heterocycles. The van der Waals surface area contributed by atoms with Crippen LogP contribution in [0.4, 0.5) is 0 Å². The Morgan fingerprint density at radius 3 is 2.89 bits per heavy atom. The molecule has 0 saturated carbocycles. The van der Waals surface area contributed by atoms with Crippen LogP contribution in [0.15, 0.2) is 45.7 Å². The minimum Gasteiger partial charge on any atom is -0.406 e. The standard InChI is InChI=1S/C13H8Cl2N2O2/c14-9-4-3-8(10(15)6-9)7-17-12-11(19-13(17)18)2-1-5-16-12/h1-6H,7H2. The summed E-state index contributed by atoms with van der Waals surface area (Å²) in [4.78, 5) is 16.0. The summed E-state index contributed by atoms with van der Waals surface area (Å²) in [6.07, 6.45) is 1.61. The lowest BCUT2D eigenvalue weighted by Gasteiger charge is -2.04. The van der Waals surface area contributed by atoms with Gasteiger partial charge in [0.25, 0.3) is 0 Å². The van der Waals surface area contributed by atoms with Crippen LogP contribution in [-0.2, 0) is 6.54 Å². The maximum absolute atomic E-state index is 11.8. The highest BCUT2D eigenvalue weighted by atomic mass is 35.5. The molecule has 96 valence electrons. The van der Waals surface area contributed by atoms with Crippen molar-refractivity contribution in [2.24, 2.45) is 0 Å². The molecule has 19 heavy (non-hydrogen) atoms. The number of rotatable bonds is 2. The van der Waals surface area contributed by atoms with Gasteiger partial charge >= 0.3 is 5.76 Å². The molecule has 0 saturated heterocycles. The van der Waals surface area contributed by atoms with E-state index in [1.165, 1.54) is 4.57 Å². The van der Waals surface area contributed by atoms with Gasteiger partial charge in [-0.1, -0.05) is 29.3 Å². The second kappa shape index (κ2) is 4.72. The van der Waals surface area contributed by atoms with E-state index in [4.69, 9.17) is 27.6 Å². The fourth-order valence-corrected chi connectivity index (χ4v) is 2.33. The molecule has 0 bridgehead atoms. The normalized spacial score (nSPS) is 11.1. The van der Waals surface area contributed by atoms with Gasteiger partial charge in [-0.2, -0.15) is 0 Å². The van der Waals surface area contributed by atoms with Crippen LogP contribution >= 0.6 is 23.2 Å². The Morgan fingerprint density at radius 2 is 2.11 bits per heavy atom. The van der Waals surface area contributed by atoms with Gasteiger partial charge in [0.05, 0.1) is 6.54 Å². The molecule has 0 unspecified atom stereocenters. The van der Waals surface area contributed by atoms with Crippen molar-refractivity contribution < 1.29 is 4.42 Å². The third-order valence-corrected chi connectivity index (χ3v) is 3.35. The number of fused-ring (bicyclic) bond motifs is 1. The highest BCUT2D eigenvalue weighted by molar-refractivity contribution is 6.35. The van der Waals surface area contributed by atoms with Crippen molar-refractivity contribution in [3.05, 3.63) is 62.7 Å². The summed E-state index contributed by atoms with van der Waals surface area (Å²) in [6.45, 7) is 0.291. The predicted octanol–water partition coefficient (Wildman–Crippen LogP) is 3.34. The third-order valence-electron chi connectivity index (χ3n) is 2.77. The maximum Gasteiger partial charge on any atom is 0.421 e. The lowest BCUT2D eigenvalue weighted by Crippen LogP contribution is -2.15. The van der Waals surface area contributed by atoms with Crippen LogP contribution in [0.25, 0.3) is 11.2 Å². The largest absolute Gasteiger partial charge is 0.421 e. The third kappa shape index (κ3) is 2.25. The molecule has 1 aromatic carbocycles. The molecule has 0 atom stereocenters. The smallest absolute Gasteiger partial charge is 0.406 e. The Labute approximate surface area is 118 Å². The van der Waals surface area contributed by atoms with Gasteiger partial charge in [0, 0.05) is 16.2 Å². The second-order valence-corrected chi connectivity index (χ2v) is 4.86. The summed E-state index contributed by atoms with van der Waals surface area (Å²) in [5.74, 6) is -0.459. The van der Waals surface area contributed by atoms with Gasteiger partial charge in [0.2, 0.25) is 0 Å².